The van der Waals surface area contributed by atoms with Crippen LogP contribution in [0.1, 0.15) is 27.9 Å². The third-order valence-corrected chi connectivity index (χ3v) is 4.23. The zero-order valence-electron chi connectivity index (χ0n) is 14.0. The molecule has 0 saturated carbocycles. The van der Waals surface area contributed by atoms with Crippen LogP contribution in [0.2, 0.25) is 0 Å². The molecule has 1 atom stereocenters. The van der Waals surface area contributed by atoms with E-state index in [2.05, 4.69) is 10.5 Å². The smallest absolute Gasteiger partial charge is 0.271 e. The van der Waals surface area contributed by atoms with Crippen molar-refractivity contribution in [3.05, 3.63) is 71.3 Å². The number of benzene rings is 2. The van der Waals surface area contributed by atoms with Crippen LogP contribution < -0.4 is 5.43 Å². The summed E-state index contributed by atoms with van der Waals surface area (Å²) in [5.41, 5.74) is 5.67. The molecule has 2 aromatic rings. The number of amides is 1. The maximum Gasteiger partial charge on any atom is 0.271 e. The highest BCUT2D eigenvalue weighted by Gasteiger charge is 2.25. The Kier molecular flexibility index (Phi) is 4.41. The molecule has 0 radical (unpaired) electrons. The molecule has 0 aromatic heterocycles. The van der Waals surface area contributed by atoms with Crippen molar-refractivity contribution < 1.29 is 19.4 Å². The predicted octanol–water partition coefficient (Wildman–Crippen LogP) is 2.69. The van der Waals surface area contributed by atoms with E-state index in [1.165, 1.54) is 12.1 Å². The van der Waals surface area contributed by atoms with Crippen LogP contribution in [0, 0.1) is 0 Å². The number of phenolic OH excluding ortho intramolecular Hbond substituents is 1. The number of nitrogens with zero attached hydrogens (tertiary/aromatic N) is 1. The highest BCUT2D eigenvalue weighted by atomic mass is 16.6. The molecule has 1 fully saturated rings. The van der Waals surface area contributed by atoms with Gasteiger partial charge in [-0.05, 0) is 30.3 Å². The van der Waals surface area contributed by atoms with E-state index < -0.39 is 0 Å². The number of aromatic hydroxyl groups is 1. The number of rotatable bonds is 5. The number of phenols is 1. The summed E-state index contributed by atoms with van der Waals surface area (Å²) >= 11 is 0. The molecule has 0 bridgehead atoms. The van der Waals surface area contributed by atoms with Crippen LogP contribution in [-0.4, -0.2) is 36.0 Å². The molecule has 1 heterocycles. The summed E-state index contributed by atoms with van der Waals surface area (Å²) in [6, 6.07) is 13.8. The van der Waals surface area contributed by atoms with E-state index in [1.807, 2.05) is 30.3 Å². The second kappa shape index (κ2) is 7.01. The third-order valence-electron chi connectivity index (χ3n) is 4.23. The minimum absolute atomic E-state index is 0.114. The number of nitrogens with one attached hydrogen (secondary N) is 1. The van der Waals surface area contributed by atoms with Crippen LogP contribution >= 0.6 is 0 Å². The lowest BCUT2D eigenvalue weighted by Crippen LogP contribution is -2.21. The number of ether oxygens (including phenoxy) is 2. The Bertz CT molecular complexity index is 883. The first-order valence-electron chi connectivity index (χ1n) is 8.41. The van der Waals surface area contributed by atoms with Gasteiger partial charge in [0.2, 0.25) is 0 Å². The predicted molar refractivity (Wildman–Crippen MR) is 96.8 cm³/mol. The Morgan fingerprint density at radius 3 is 2.65 bits per heavy atom. The molecule has 2 aromatic carbocycles. The fourth-order valence-electron chi connectivity index (χ4n) is 2.74. The lowest BCUT2D eigenvalue weighted by atomic mass is 9.94. The lowest BCUT2D eigenvalue weighted by molar-refractivity contribution is 0.0955. The Hall–Kier alpha value is -3.12. The summed E-state index contributed by atoms with van der Waals surface area (Å²) in [6.45, 7) is 1.30. The number of epoxide rings is 1. The van der Waals surface area contributed by atoms with Crippen LogP contribution in [0.5, 0.6) is 5.75 Å². The van der Waals surface area contributed by atoms with E-state index in [9.17, 15) is 9.90 Å². The van der Waals surface area contributed by atoms with Crippen molar-refractivity contribution in [2.24, 2.45) is 5.10 Å². The fraction of sp³-hybridized carbons (Fsp3) is 0.200. The summed E-state index contributed by atoms with van der Waals surface area (Å²) in [7, 11) is 0. The largest absolute Gasteiger partial charge is 0.508 e. The fourth-order valence-corrected chi connectivity index (χ4v) is 2.74. The van der Waals surface area contributed by atoms with Gasteiger partial charge in [0.05, 0.1) is 12.3 Å². The summed E-state index contributed by atoms with van der Waals surface area (Å²) in [6.07, 6.45) is 2.73. The maximum absolute atomic E-state index is 12.2. The number of allylic oxidation sites excluding steroid dienone is 1. The molecule has 2 N–H and O–H groups in total. The second-order valence-electron chi connectivity index (χ2n) is 6.13. The lowest BCUT2D eigenvalue weighted by Gasteiger charge is -2.19. The minimum atomic E-state index is -0.327. The van der Waals surface area contributed by atoms with E-state index in [-0.39, 0.29) is 17.8 Å². The highest BCUT2D eigenvalue weighted by molar-refractivity contribution is 6.08. The Balaban J connectivity index is 1.51. The molecule has 6 heteroatoms. The van der Waals surface area contributed by atoms with Crippen LogP contribution in [0.25, 0.3) is 5.76 Å². The SMILES string of the molecule is O=C(NN=C1CC=C(OCC2CO2)c2ccccc21)c1ccc(O)cc1. The van der Waals surface area contributed by atoms with Crippen LogP contribution in [0.4, 0.5) is 0 Å². The summed E-state index contributed by atoms with van der Waals surface area (Å²) in [5.74, 6) is 0.607. The first kappa shape index (κ1) is 16.4. The van der Waals surface area contributed by atoms with E-state index >= 15 is 0 Å². The van der Waals surface area contributed by atoms with E-state index in [1.54, 1.807) is 12.1 Å². The molecule has 26 heavy (non-hydrogen) atoms. The highest BCUT2D eigenvalue weighted by Crippen LogP contribution is 2.28. The normalized spacial score (nSPS) is 19.5. The van der Waals surface area contributed by atoms with Crippen molar-refractivity contribution in [3.8, 4) is 5.75 Å². The van der Waals surface area contributed by atoms with Crippen molar-refractivity contribution in [2.45, 2.75) is 12.5 Å². The van der Waals surface area contributed by atoms with Crippen molar-refractivity contribution in [2.75, 3.05) is 13.2 Å². The van der Waals surface area contributed by atoms with Crippen LogP contribution in [0.3, 0.4) is 0 Å². The summed E-state index contributed by atoms with van der Waals surface area (Å²) in [5, 5.41) is 13.6. The van der Waals surface area contributed by atoms with Crippen molar-refractivity contribution in [1.82, 2.24) is 5.43 Å². The van der Waals surface area contributed by atoms with E-state index in [0.717, 1.165) is 29.2 Å². The van der Waals surface area contributed by atoms with Crippen LogP contribution in [-0.2, 0) is 9.47 Å². The number of carbonyl (C=O) groups is 1. The molecule has 1 amide bonds. The standard InChI is InChI=1S/C20H18N2O4/c23-14-7-5-13(6-8-14)20(24)22-21-18-9-10-19(26-12-15-11-25-15)17-4-2-1-3-16(17)18/h1-8,10,15,23H,9,11-12H2,(H,22,24). The second-order valence-corrected chi connectivity index (χ2v) is 6.13. The Morgan fingerprint density at radius 1 is 1.19 bits per heavy atom. The molecule has 6 nitrogen and oxygen atoms in total. The first-order chi connectivity index (χ1) is 12.7. The zero-order chi connectivity index (χ0) is 17.9. The van der Waals surface area contributed by atoms with Gasteiger partial charge in [-0.15, -0.1) is 0 Å². The molecule has 0 spiro atoms. The van der Waals surface area contributed by atoms with Gasteiger partial charge >= 0.3 is 0 Å². The van der Waals surface area contributed by atoms with Gasteiger partial charge in [-0.3, -0.25) is 4.79 Å². The number of hydrogen-bond acceptors (Lipinski definition) is 5. The molecule has 132 valence electrons. The molecule has 4 rings (SSSR count). The minimum Gasteiger partial charge on any atom is -0.508 e. The van der Waals surface area contributed by atoms with Crippen molar-refractivity contribution in [3.63, 3.8) is 0 Å². The van der Waals surface area contributed by atoms with Gasteiger partial charge in [-0.1, -0.05) is 24.3 Å². The summed E-state index contributed by atoms with van der Waals surface area (Å²) in [4.78, 5) is 12.2. The molecular weight excluding hydrogens is 332 g/mol. The maximum atomic E-state index is 12.2. The van der Waals surface area contributed by atoms with Gasteiger partial charge in [0.1, 0.15) is 24.2 Å². The molecule has 1 aliphatic heterocycles. The monoisotopic (exact) mass is 350 g/mol. The van der Waals surface area contributed by atoms with Gasteiger partial charge in [0.25, 0.3) is 5.91 Å². The number of carbonyl (C=O) groups excluding carboxylic acids is 1. The van der Waals surface area contributed by atoms with E-state index in [4.69, 9.17) is 9.47 Å². The first-order valence-corrected chi connectivity index (χ1v) is 8.41. The van der Waals surface area contributed by atoms with Crippen molar-refractivity contribution in [1.29, 1.82) is 0 Å². The quantitative estimate of drug-likeness (QED) is 0.641. The van der Waals surface area contributed by atoms with Gasteiger partial charge in [-0.25, -0.2) is 5.43 Å². The average molecular weight is 350 g/mol. The zero-order valence-corrected chi connectivity index (χ0v) is 14.0. The van der Waals surface area contributed by atoms with Crippen LogP contribution in [0.15, 0.2) is 59.7 Å². The molecular formula is C20H18N2O4. The number of fused-ring (bicyclic) bond motifs is 1. The topological polar surface area (TPSA) is 83.5 Å². The Morgan fingerprint density at radius 2 is 1.92 bits per heavy atom. The van der Waals surface area contributed by atoms with Crippen molar-refractivity contribution >= 4 is 17.4 Å². The average Bonchev–Trinajstić information content (AvgIpc) is 3.50. The van der Waals surface area contributed by atoms with E-state index in [0.29, 0.717) is 18.6 Å². The summed E-state index contributed by atoms with van der Waals surface area (Å²) < 4.78 is 11.0. The molecule has 1 unspecified atom stereocenters. The van der Waals surface area contributed by atoms with Gasteiger partial charge in [0, 0.05) is 23.1 Å². The van der Waals surface area contributed by atoms with Gasteiger partial charge < -0.3 is 14.6 Å². The molecule has 2 aliphatic rings. The number of hydrogen-bond donors (Lipinski definition) is 2. The van der Waals surface area contributed by atoms with Gasteiger partial charge in [0.15, 0.2) is 0 Å². The molecule has 1 saturated heterocycles. The Labute approximate surface area is 150 Å². The third kappa shape index (κ3) is 3.60. The molecule has 1 aliphatic carbocycles. The van der Waals surface area contributed by atoms with Gasteiger partial charge in [-0.2, -0.15) is 5.10 Å². The number of hydrazone groups is 1.